The molecule has 0 fully saturated rings. The molecule has 0 bridgehead atoms. The largest absolute Gasteiger partial charge is 0.302 e. The average Bonchev–Trinajstić information content (AvgIpc) is 2.19. The van der Waals surface area contributed by atoms with Crippen molar-refractivity contribution in [3.8, 4) is 0 Å². The van der Waals surface area contributed by atoms with E-state index in [4.69, 9.17) is 5.53 Å². The van der Waals surface area contributed by atoms with Crippen LogP contribution in [0.4, 0.5) is 0 Å². The third-order valence-electron chi connectivity index (χ3n) is 2.32. The van der Waals surface area contributed by atoms with E-state index in [-0.39, 0.29) is 0 Å². The van der Waals surface area contributed by atoms with Gasteiger partial charge in [0.15, 0.2) is 0 Å². The Bertz CT molecular complexity index is 269. The lowest BCUT2D eigenvalue weighted by atomic mass is 10.0. The topological polar surface area (TPSA) is 39.5 Å². The van der Waals surface area contributed by atoms with Gasteiger partial charge in [-0.15, -0.1) is 0 Å². The van der Waals surface area contributed by atoms with Gasteiger partial charge in [-0.2, -0.15) is 5.11 Å². The molecule has 1 rings (SSSR count). The minimum absolute atomic E-state index is 0.366. The van der Waals surface area contributed by atoms with Crippen molar-refractivity contribution in [1.82, 2.24) is 4.90 Å². The third-order valence-corrected chi connectivity index (χ3v) is 2.32. The van der Waals surface area contributed by atoms with Gasteiger partial charge in [-0.1, -0.05) is 30.3 Å². The second-order valence-electron chi connectivity index (χ2n) is 3.56. The molecule has 76 valence electrons. The maximum Gasteiger partial charge on any atom is 0.0614 e. The molecule has 0 aromatic heterocycles. The van der Waals surface area contributed by atoms with E-state index < -0.39 is 0 Å². The van der Waals surface area contributed by atoms with Crippen molar-refractivity contribution >= 4 is 0 Å². The SMILES string of the molecule is CN(C)C(CCN=N)c1ccccc1. The van der Waals surface area contributed by atoms with Crippen molar-refractivity contribution in [2.75, 3.05) is 20.6 Å². The molecule has 14 heavy (non-hydrogen) atoms. The van der Waals surface area contributed by atoms with Crippen LogP contribution in [-0.2, 0) is 0 Å². The highest BCUT2D eigenvalue weighted by Gasteiger charge is 2.12. The van der Waals surface area contributed by atoms with Gasteiger partial charge in [-0.05, 0) is 26.1 Å². The fourth-order valence-corrected chi connectivity index (χ4v) is 1.59. The summed E-state index contributed by atoms with van der Waals surface area (Å²) in [5.74, 6) is 0. The first-order valence-electron chi connectivity index (χ1n) is 4.80. The molecule has 0 aliphatic heterocycles. The van der Waals surface area contributed by atoms with Gasteiger partial charge < -0.3 is 4.90 Å². The van der Waals surface area contributed by atoms with Crippen LogP contribution in [0.15, 0.2) is 35.4 Å². The van der Waals surface area contributed by atoms with Crippen LogP contribution >= 0.6 is 0 Å². The highest BCUT2D eigenvalue weighted by atomic mass is 15.1. The van der Waals surface area contributed by atoms with E-state index >= 15 is 0 Å². The van der Waals surface area contributed by atoms with Crippen LogP contribution in [0.3, 0.4) is 0 Å². The Labute approximate surface area is 85.3 Å². The lowest BCUT2D eigenvalue weighted by molar-refractivity contribution is 0.286. The normalized spacial score (nSPS) is 12.8. The van der Waals surface area contributed by atoms with E-state index in [9.17, 15) is 0 Å². The molecule has 0 saturated carbocycles. The molecule has 0 radical (unpaired) electrons. The van der Waals surface area contributed by atoms with Crippen LogP contribution in [0.2, 0.25) is 0 Å². The second kappa shape index (κ2) is 5.50. The zero-order valence-electron chi connectivity index (χ0n) is 8.77. The third kappa shape index (κ3) is 2.92. The van der Waals surface area contributed by atoms with Crippen molar-refractivity contribution in [2.24, 2.45) is 5.11 Å². The predicted molar refractivity (Wildman–Crippen MR) is 57.5 cm³/mol. The van der Waals surface area contributed by atoms with Crippen LogP contribution in [0.1, 0.15) is 18.0 Å². The first kappa shape index (κ1) is 10.9. The van der Waals surface area contributed by atoms with E-state index in [0.717, 1.165) is 6.42 Å². The summed E-state index contributed by atoms with van der Waals surface area (Å²) in [4.78, 5) is 2.17. The summed E-state index contributed by atoms with van der Waals surface area (Å²) < 4.78 is 0. The highest BCUT2D eigenvalue weighted by molar-refractivity contribution is 5.18. The van der Waals surface area contributed by atoms with Crippen LogP contribution < -0.4 is 0 Å². The van der Waals surface area contributed by atoms with Gasteiger partial charge >= 0.3 is 0 Å². The van der Waals surface area contributed by atoms with Crippen LogP contribution in [0, 0.1) is 5.53 Å². The maximum atomic E-state index is 6.81. The van der Waals surface area contributed by atoms with Gasteiger partial charge in [-0.25, -0.2) is 5.53 Å². The zero-order valence-corrected chi connectivity index (χ0v) is 8.77. The fourth-order valence-electron chi connectivity index (χ4n) is 1.59. The molecule has 0 spiro atoms. The number of hydrogen-bond acceptors (Lipinski definition) is 3. The Hall–Kier alpha value is -1.22. The van der Waals surface area contributed by atoms with Gasteiger partial charge in [0.25, 0.3) is 0 Å². The van der Waals surface area contributed by atoms with Crippen molar-refractivity contribution in [3.05, 3.63) is 35.9 Å². The lowest BCUT2D eigenvalue weighted by Gasteiger charge is -2.23. The summed E-state index contributed by atoms with van der Waals surface area (Å²) >= 11 is 0. The van der Waals surface area contributed by atoms with Gasteiger partial charge in [-0.3, -0.25) is 0 Å². The summed E-state index contributed by atoms with van der Waals surface area (Å²) in [6.07, 6.45) is 0.903. The summed E-state index contributed by atoms with van der Waals surface area (Å²) in [5, 5.41) is 3.41. The van der Waals surface area contributed by atoms with Crippen molar-refractivity contribution < 1.29 is 0 Å². The monoisotopic (exact) mass is 191 g/mol. The molecule has 1 aromatic rings. The van der Waals surface area contributed by atoms with E-state index in [1.807, 2.05) is 18.2 Å². The zero-order chi connectivity index (χ0) is 10.4. The molecule has 0 saturated heterocycles. The van der Waals surface area contributed by atoms with Crippen molar-refractivity contribution in [3.63, 3.8) is 0 Å². The Morgan fingerprint density at radius 2 is 1.93 bits per heavy atom. The Balaban J connectivity index is 2.72. The number of nitrogens with one attached hydrogen (secondary N) is 1. The van der Waals surface area contributed by atoms with Gasteiger partial charge in [0.2, 0.25) is 0 Å². The molecular formula is C11H17N3. The standard InChI is InChI=1S/C11H17N3/c1-14(2)11(8-9-13-12)10-6-4-3-5-7-10/h3-7,11-12H,8-9H2,1-2H3. The van der Waals surface area contributed by atoms with Crippen molar-refractivity contribution in [1.29, 1.82) is 5.53 Å². The molecule has 3 heteroatoms. The van der Waals surface area contributed by atoms with Gasteiger partial charge in [0.1, 0.15) is 0 Å². The highest BCUT2D eigenvalue weighted by Crippen LogP contribution is 2.21. The molecule has 0 amide bonds. The first-order valence-corrected chi connectivity index (χ1v) is 4.80. The molecule has 0 aliphatic carbocycles. The maximum absolute atomic E-state index is 6.81. The molecule has 3 nitrogen and oxygen atoms in total. The first-order chi connectivity index (χ1) is 6.75. The Morgan fingerprint density at radius 3 is 2.43 bits per heavy atom. The smallest absolute Gasteiger partial charge is 0.0614 e. The Kier molecular flexibility index (Phi) is 4.26. The minimum atomic E-state index is 0.366. The fraction of sp³-hybridized carbons (Fsp3) is 0.455. The molecule has 1 aromatic carbocycles. The number of nitrogens with zero attached hydrogens (tertiary/aromatic N) is 2. The quantitative estimate of drug-likeness (QED) is 0.714. The number of benzene rings is 1. The molecule has 1 N–H and O–H groups in total. The lowest BCUT2D eigenvalue weighted by Crippen LogP contribution is -2.20. The van der Waals surface area contributed by atoms with Gasteiger partial charge in [0, 0.05) is 6.04 Å². The van der Waals surface area contributed by atoms with Crippen LogP contribution in [0.25, 0.3) is 0 Å². The number of rotatable bonds is 5. The van der Waals surface area contributed by atoms with Gasteiger partial charge in [0.05, 0.1) is 6.54 Å². The second-order valence-corrected chi connectivity index (χ2v) is 3.56. The van der Waals surface area contributed by atoms with E-state index in [0.29, 0.717) is 12.6 Å². The van der Waals surface area contributed by atoms with E-state index in [1.54, 1.807) is 0 Å². The molecule has 0 heterocycles. The number of hydrogen-bond donors (Lipinski definition) is 1. The summed E-state index contributed by atoms with van der Waals surface area (Å²) in [6, 6.07) is 10.7. The summed E-state index contributed by atoms with van der Waals surface area (Å²) in [5.41, 5.74) is 8.10. The van der Waals surface area contributed by atoms with Crippen LogP contribution in [-0.4, -0.2) is 25.5 Å². The van der Waals surface area contributed by atoms with E-state index in [2.05, 4.69) is 36.2 Å². The Morgan fingerprint density at radius 1 is 1.29 bits per heavy atom. The summed E-state index contributed by atoms with van der Waals surface area (Å²) in [6.45, 7) is 0.595. The molecular weight excluding hydrogens is 174 g/mol. The average molecular weight is 191 g/mol. The van der Waals surface area contributed by atoms with Crippen LogP contribution in [0.5, 0.6) is 0 Å². The summed E-state index contributed by atoms with van der Waals surface area (Å²) in [7, 11) is 4.11. The molecule has 1 unspecified atom stereocenters. The molecule has 1 atom stereocenters. The van der Waals surface area contributed by atoms with Crippen molar-refractivity contribution in [2.45, 2.75) is 12.5 Å². The molecule has 0 aliphatic rings. The minimum Gasteiger partial charge on any atom is -0.302 e. The van der Waals surface area contributed by atoms with E-state index in [1.165, 1.54) is 5.56 Å². The predicted octanol–water partition coefficient (Wildman–Crippen LogP) is 2.71.